The molecule has 1 amide bonds. The van der Waals surface area contributed by atoms with Crippen molar-refractivity contribution in [2.45, 2.75) is 25.8 Å². The van der Waals surface area contributed by atoms with Crippen LogP contribution in [0.2, 0.25) is 0 Å². The first-order valence-electron chi connectivity index (χ1n) is 5.93. The fraction of sp³-hybridized carbons (Fsp3) is 0.500. The Kier molecular flexibility index (Phi) is 3.80. The van der Waals surface area contributed by atoms with Crippen molar-refractivity contribution in [1.29, 1.82) is 0 Å². The SMILES string of the molecule is CCOc1cccnc1NC1CCCNC1=O. The molecule has 2 heterocycles. The lowest BCUT2D eigenvalue weighted by Gasteiger charge is -2.23. The van der Waals surface area contributed by atoms with Gasteiger partial charge in [-0.1, -0.05) is 0 Å². The summed E-state index contributed by atoms with van der Waals surface area (Å²) in [6, 6.07) is 3.45. The molecule has 92 valence electrons. The van der Waals surface area contributed by atoms with Crippen molar-refractivity contribution >= 4 is 11.7 Å². The number of hydrogen-bond acceptors (Lipinski definition) is 4. The van der Waals surface area contributed by atoms with Gasteiger partial charge in [-0.15, -0.1) is 0 Å². The summed E-state index contributed by atoms with van der Waals surface area (Å²) in [6.07, 6.45) is 3.50. The number of amides is 1. The Hall–Kier alpha value is -1.78. The van der Waals surface area contributed by atoms with Gasteiger partial charge in [0.2, 0.25) is 5.91 Å². The molecule has 1 aliphatic rings. The fourth-order valence-electron chi connectivity index (χ4n) is 1.85. The molecule has 0 bridgehead atoms. The Morgan fingerprint density at radius 1 is 1.65 bits per heavy atom. The van der Waals surface area contributed by atoms with Crippen LogP contribution in [0.5, 0.6) is 5.75 Å². The third kappa shape index (κ3) is 2.87. The largest absolute Gasteiger partial charge is 0.490 e. The first-order chi connectivity index (χ1) is 8.31. The van der Waals surface area contributed by atoms with E-state index in [1.54, 1.807) is 6.20 Å². The van der Waals surface area contributed by atoms with Crippen molar-refractivity contribution in [1.82, 2.24) is 10.3 Å². The molecule has 5 heteroatoms. The molecule has 2 N–H and O–H groups in total. The first-order valence-corrected chi connectivity index (χ1v) is 5.93. The Labute approximate surface area is 101 Å². The second-order valence-corrected chi connectivity index (χ2v) is 3.91. The normalized spacial score (nSPS) is 19.6. The summed E-state index contributed by atoms with van der Waals surface area (Å²) >= 11 is 0. The van der Waals surface area contributed by atoms with Gasteiger partial charge in [0, 0.05) is 12.7 Å². The topological polar surface area (TPSA) is 63.2 Å². The smallest absolute Gasteiger partial charge is 0.242 e. The fourth-order valence-corrected chi connectivity index (χ4v) is 1.85. The van der Waals surface area contributed by atoms with Gasteiger partial charge < -0.3 is 15.4 Å². The predicted octanol–water partition coefficient (Wildman–Crippen LogP) is 1.17. The number of anilines is 1. The van der Waals surface area contributed by atoms with Crippen LogP contribution in [0.4, 0.5) is 5.82 Å². The lowest BCUT2D eigenvalue weighted by molar-refractivity contribution is -0.123. The summed E-state index contributed by atoms with van der Waals surface area (Å²) in [5, 5.41) is 5.97. The Balaban J connectivity index is 2.09. The molecule has 1 fully saturated rings. The highest BCUT2D eigenvalue weighted by Gasteiger charge is 2.22. The van der Waals surface area contributed by atoms with E-state index in [9.17, 15) is 4.79 Å². The zero-order valence-corrected chi connectivity index (χ0v) is 9.90. The minimum absolute atomic E-state index is 0.0318. The Morgan fingerprint density at radius 3 is 3.29 bits per heavy atom. The van der Waals surface area contributed by atoms with Crippen molar-refractivity contribution in [2.24, 2.45) is 0 Å². The number of carbonyl (C=O) groups excluding carboxylic acids is 1. The summed E-state index contributed by atoms with van der Waals surface area (Å²) in [5.41, 5.74) is 0. The van der Waals surface area contributed by atoms with Gasteiger partial charge in [0.25, 0.3) is 0 Å². The molecule has 1 aliphatic heterocycles. The van der Waals surface area contributed by atoms with Gasteiger partial charge in [-0.3, -0.25) is 4.79 Å². The average Bonchev–Trinajstić information content (AvgIpc) is 2.35. The van der Waals surface area contributed by atoms with Crippen molar-refractivity contribution < 1.29 is 9.53 Å². The van der Waals surface area contributed by atoms with Gasteiger partial charge in [-0.25, -0.2) is 4.98 Å². The molecule has 2 rings (SSSR count). The van der Waals surface area contributed by atoms with E-state index in [-0.39, 0.29) is 11.9 Å². The van der Waals surface area contributed by atoms with Gasteiger partial charge in [0.05, 0.1) is 6.61 Å². The third-order valence-electron chi connectivity index (χ3n) is 2.67. The molecule has 1 aromatic heterocycles. The number of rotatable bonds is 4. The van der Waals surface area contributed by atoms with E-state index in [1.165, 1.54) is 0 Å². The zero-order valence-electron chi connectivity index (χ0n) is 9.90. The van der Waals surface area contributed by atoms with E-state index in [0.29, 0.717) is 18.2 Å². The van der Waals surface area contributed by atoms with E-state index in [4.69, 9.17) is 4.74 Å². The number of pyridine rings is 1. The van der Waals surface area contributed by atoms with Crippen molar-refractivity contribution in [3.8, 4) is 5.75 Å². The summed E-state index contributed by atoms with van der Waals surface area (Å²) in [4.78, 5) is 15.8. The van der Waals surface area contributed by atoms with Gasteiger partial charge >= 0.3 is 0 Å². The molecule has 5 nitrogen and oxygen atoms in total. The molecule has 1 saturated heterocycles. The van der Waals surface area contributed by atoms with Crippen molar-refractivity contribution in [2.75, 3.05) is 18.5 Å². The highest BCUT2D eigenvalue weighted by molar-refractivity contribution is 5.85. The van der Waals surface area contributed by atoms with Gasteiger partial charge in [-0.05, 0) is 31.9 Å². The predicted molar refractivity (Wildman–Crippen MR) is 65.1 cm³/mol. The molecule has 0 aromatic carbocycles. The van der Waals surface area contributed by atoms with E-state index >= 15 is 0 Å². The number of nitrogens with one attached hydrogen (secondary N) is 2. The molecule has 0 radical (unpaired) electrons. The molecular weight excluding hydrogens is 218 g/mol. The Bertz CT molecular complexity index is 395. The minimum atomic E-state index is -0.210. The summed E-state index contributed by atoms with van der Waals surface area (Å²) in [5.74, 6) is 1.36. The molecule has 0 aliphatic carbocycles. The maximum atomic E-state index is 11.6. The minimum Gasteiger partial charge on any atom is -0.490 e. The molecule has 1 atom stereocenters. The van der Waals surface area contributed by atoms with Crippen LogP contribution in [0.1, 0.15) is 19.8 Å². The maximum Gasteiger partial charge on any atom is 0.242 e. The molecule has 1 unspecified atom stereocenters. The second-order valence-electron chi connectivity index (χ2n) is 3.91. The average molecular weight is 235 g/mol. The molecule has 1 aromatic rings. The number of hydrogen-bond donors (Lipinski definition) is 2. The van der Waals surface area contributed by atoms with E-state index in [1.807, 2.05) is 19.1 Å². The third-order valence-corrected chi connectivity index (χ3v) is 2.67. The zero-order chi connectivity index (χ0) is 12.1. The number of ether oxygens (including phenoxy) is 1. The van der Waals surface area contributed by atoms with Gasteiger partial charge in [-0.2, -0.15) is 0 Å². The van der Waals surface area contributed by atoms with Crippen LogP contribution in [0.25, 0.3) is 0 Å². The number of piperidine rings is 1. The molecular formula is C12H17N3O2. The lowest BCUT2D eigenvalue weighted by atomic mass is 10.1. The van der Waals surface area contributed by atoms with E-state index in [0.717, 1.165) is 19.4 Å². The summed E-state index contributed by atoms with van der Waals surface area (Å²) in [6.45, 7) is 3.26. The molecule has 0 saturated carbocycles. The summed E-state index contributed by atoms with van der Waals surface area (Å²) < 4.78 is 5.46. The van der Waals surface area contributed by atoms with Crippen molar-refractivity contribution in [3.05, 3.63) is 18.3 Å². The quantitative estimate of drug-likeness (QED) is 0.822. The monoisotopic (exact) mass is 235 g/mol. The Morgan fingerprint density at radius 2 is 2.53 bits per heavy atom. The van der Waals surface area contributed by atoms with Crippen LogP contribution in [0.15, 0.2) is 18.3 Å². The highest BCUT2D eigenvalue weighted by atomic mass is 16.5. The van der Waals surface area contributed by atoms with Crippen LogP contribution in [0, 0.1) is 0 Å². The highest BCUT2D eigenvalue weighted by Crippen LogP contribution is 2.22. The lowest BCUT2D eigenvalue weighted by Crippen LogP contribution is -2.44. The van der Waals surface area contributed by atoms with Crippen molar-refractivity contribution in [3.63, 3.8) is 0 Å². The van der Waals surface area contributed by atoms with Crippen LogP contribution in [-0.4, -0.2) is 30.1 Å². The molecule has 17 heavy (non-hydrogen) atoms. The van der Waals surface area contributed by atoms with Crippen LogP contribution in [0.3, 0.4) is 0 Å². The van der Waals surface area contributed by atoms with Crippen LogP contribution < -0.4 is 15.4 Å². The maximum absolute atomic E-state index is 11.6. The second kappa shape index (κ2) is 5.52. The number of carbonyl (C=O) groups is 1. The van der Waals surface area contributed by atoms with Gasteiger partial charge in [0.1, 0.15) is 6.04 Å². The first kappa shape index (κ1) is 11.7. The van der Waals surface area contributed by atoms with Gasteiger partial charge in [0.15, 0.2) is 11.6 Å². The van der Waals surface area contributed by atoms with Crippen LogP contribution in [-0.2, 0) is 4.79 Å². The standard InChI is InChI=1S/C12H17N3O2/c1-2-17-10-6-4-7-13-11(10)15-9-5-3-8-14-12(9)16/h4,6-7,9H,2-3,5,8H2,1H3,(H,13,15)(H,14,16). The summed E-state index contributed by atoms with van der Waals surface area (Å²) in [7, 11) is 0. The number of nitrogens with zero attached hydrogens (tertiary/aromatic N) is 1. The number of aromatic nitrogens is 1. The van der Waals surface area contributed by atoms with E-state index in [2.05, 4.69) is 15.6 Å². The molecule has 0 spiro atoms. The van der Waals surface area contributed by atoms with E-state index < -0.39 is 0 Å². The van der Waals surface area contributed by atoms with Crippen LogP contribution >= 0.6 is 0 Å².